The molecule has 1 unspecified atom stereocenters. The lowest BCUT2D eigenvalue weighted by Crippen LogP contribution is -2.18. The summed E-state index contributed by atoms with van der Waals surface area (Å²) in [6, 6.07) is 6.49. The lowest BCUT2D eigenvalue weighted by Gasteiger charge is -2.15. The quantitative estimate of drug-likeness (QED) is 0.743. The molecule has 2 rings (SSSR count). The minimum atomic E-state index is 0.558. The molecule has 0 spiro atoms. The van der Waals surface area contributed by atoms with Crippen LogP contribution in [0.1, 0.15) is 19.8 Å². The van der Waals surface area contributed by atoms with Crippen LogP contribution in [-0.2, 0) is 0 Å². The monoisotopic (exact) mass is 210 g/mol. The van der Waals surface area contributed by atoms with Gasteiger partial charge in [0.15, 0.2) is 0 Å². The molecule has 1 aliphatic heterocycles. The number of halogens is 1. The summed E-state index contributed by atoms with van der Waals surface area (Å²) in [6.45, 7) is 3.23. The van der Waals surface area contributed by atoms with Crippen LogP contribution in [0.5, 0.6) is 0 Å². The zero-order chi connectivity index (χ0) is 9.97. The van der Waals surface area contributed by atoms with Crippen molar-refractivity contribution in [2.45, 2.75) is 25.8 Å². The van der Waals surface area contributed by atoms with Crippen molar-refractivity contribution in [3.8, 4) is 0 Å². The first-order valence-electron chi connectivity index (χ1n) is 5.09. The average molecular weight is 211 g/mol. The molecule has 0 aliphatic carbocycles. The van der Waals surface area contributed by atoms with Gasteiger partial charge in [-0.05, 0) is 31.0 Å². The van der Waals surface area contributed by atoms with Crippen molar-refractivity contribution < 1.29 is 0 Å². The molecule has 2 N–H and O–H groups in total. The maximum Gasteiger partial charge on any atom is 0.0593 e. The first kappa shape index (κ1) is 9.66. The molecule has 14 heavy (non-hydrogen) atoms. The summed E-state index contributed by atoms with van der Waals surface area (Å²) in [4.78, 5) is 0. The summed E-state index contributed by atoms with van der Waals surface area (Å²) in [6.07, 6.45) is 2.30. The van der Waals surface area contributed by atoms with Crippen LogP contribution in [0.2, 0.25) is 5.02 Å². The van der Waals surface area contributed by atoms with Gasteiger partial charge >= 0.3 is 0 Å². The fourth-order valence-electron chi connectivity index (χ4n) is 1.77. The predicted octanol–water partition coefficient (Wildman–Crippen LogP) is 3.35. The van der Waals surface area contributed by atoms with Crippen molar-refractivity contribution in [3.63, 3.8) is 0 Å². The Hall–Kier alpha value is -0.890. The molecule has 76 valence electrons. The van der Waals surface area contributed by atoms with E-state index in [9.17, 15) is 0 Å². The van der Waals surface area contributed by atoms with Gasteiger partial charge < -0.3 is 10.6 Å². The van der Waals surface area contributed by atoms with Crippen molar-refractivity contribution >= 4 is 23.0 Å². The fourth-order valence-corrected chi connectivity index (χ4v) is 1.94. The molecular weight excluding hydrogens is 196 g/mol. The highest BCUT2D eigenvalue weighted by Crippen LogP contribution is 2.29. The van der Waals surface area contributed by atoms with E-state index in [1.807, 2.05) is 18.2 Å². The van der Waals surface area contributed by atoms with Gasteiger partial charge in [-0.3, -0.25) is 0 Å². The number of anilines is 2. The summed E-state index contributed by atoms with van der Waals surface area (Å²) in [7, 11) is 0. The van der Waals surface area contributed by atoms with Gasteiger partial charge in [-0.2, -0.15) is 0 Å². The Bertz CT molecular complexity index is 325. The number of hydrogen-bond acceptors (Lipinski definition) is 2. The number of hydrogen-bond donors (Lipinski definition) is 2. The molecule has 2 nitrogen and oxygen atoms in total. The maximum atomic E-state index is 5.95. The van der Waals surface area contributed by atoms with Crippen LogP contribution in [0.3, 0.4) is 0 Å². The molecule has 0 radical (unpaired) electrons. The van der Waals surface area contributed by atoms with E-state index in [1.54, 1.807) is 0 Å². The minimum Gasteiger partial charge on any atom is -0.383 e. The van der Waals surface area contributed by atoms with Crippen LogP contribution in [0, 0.1) is 0 Å². The Morgan fingerprint density at radius 2 is 2.29 bits per heavy atom. The maximum absolute atomic E-state index is 5.95. The lowest BCUT2D eigenvalue weighted by atomic mass is 10.1. The van der Waals surface area contributed by atoms with Crippen LogP contribution < -0.4 is 10.6 Å². The Balaban J connectivity index is 2.28. The van der Waals surface area contributed by atoms with Gasteiger partial charge in [-0.25, -0.2) is 0 Å². The summed E-state index contributed by atoms with van der Waals surface area (Å²) >= 11 is 5.95. The predicted molar refractivity (Wildman–Crippen MR) is 62.3 cm³/mol. The van der Waals surface area contributed by atoms with Gasteiger partial charge in [0.25, 0.3) is 0 Å². The van der Waals surface area contributed by atoms with Crippen molar-refractivity contribution in [1.29, 1.82) is 0 Å². The Labute approximate surface area is 89.7 Å². The van der Waals surface area contributed by atoms with Gasteiger partial charge in [0.2, 0.25) is 0 Å². The molecule has 0 bridgehead atoms. The van der Waals surface area contributed by atoms with E-state index in [0.717, 1.165) is 35.8 Å². The molecule has 1 aromatic rings. The second-order valence-electron chi connectivity index (χ2n) is 3.65. The van der Waals surface area contributed by atoms with E-state index in [0.29, 0.717) is 6.04 Å². The second kappa shape index (κ2) is 4.09. The van der Waals surface area contributed by atoms with Gasteiger partial charge in [0.05, 0.1) is 11.4 Å². The Morgan fingerprint density at radius 1 is 1.43 bits per heavy atom. The summed E-state index contributed by atoms with van der Waals surface area (Å²) in [5, 5.41) is 7.69. The normalized spacial score (nSPS) is 20.3. The fraction of sp³-hybridized carbons (Fsp3) is 0.455. The first-order valence-corrected chi connectivity index (χ1v) is 5.47. The van der Waals surface area contributed by atoms with Gasteiger partial charge in [-0.1, -0.05) is 18.5 Å². The Kier molecular flexibility index (Phi) is 2.82. The van der Waals surface area contributed by atoms with E-state index < -0.39 is 0 Å². The lowest BCUT2D eigenvalue weighted by molar-refractivity contribution is 0.661. The third kappa shape index (κ3) is 1.95. The van der Waals surface area contributed by atoms with Crippen molar-refractivity contribution in [2.24, 2.45) is 0 Å². The van der Waals surface area contributed by atoms with Crippen LogP contribution in [0.4, 0.5) is 11.4 Å². The molecule has 1 aliphatic rings. The summed E-state index contributed by atoms with van der Waals surface area (Å²) < 4.78 is 0. The molecule has 1 aromatic carbocycles. The smallest absolute Gasteiger partial charge is 0.0593 e. The van der Waals surface area contributed by atoms with Gasteiger partial charge in [-0.15, -0.1) is 0 Å². The van der Waals surface area contributed by atoms with E-state index in [4.69, 9.17) is 11.6 Å². The number of fused-ring (bicyclic) bond motifs is 1. The zero-order valence-corrected chi connectivity index (χ0v) is 9.06. The number of benzene rings is 1. The highest BCUT2D eigenvalue weighted by molar-refractivity contribution is 6.31. The molecule has 0 aromatic heterocycles. The minimum absolute atomic E-state index is 0.558. The standard InChI is InChI=1S/C11H15ClN2/c1-2-9-5-6-13-10-4-3-8(12)7-11(10)14-9/h3-4,7,9,13-14H,2,5-6H2,1H3. The summed E-state index contributed by atoms with van der Waals surface area (Å²) in [5.74, 6) is 0. The highest BCUT2D eigenvalue weighted by Gasteiger charge is 2.13. The van der Waals surface area contributed by atoms with Crippen LogP contribution in [-0.4, -0.2) is 12.6 Å². The largest absolute Gasteiger partial charge is 0.383 e. The third-order valence-corrected chi connectivity index (χ3v) is 2.88. The van der Waals surface area contributed by atoms with E-state index >= 15 is 0 Å². The van der Waals surface area contributed by atoms with E-state index in [1.165, 1.54) is 0 Å². The highest BCUT2D eigenvalue weighted by atomic mass is 35.5. The first-order chi connectivity index (χ1) is 6.79. The Morgan fingerprint density at radius 3 is 3.07 bits per heavy atom. The van der Waals surface area contributed by atoms with E-state index in [2.05, 4.69) is 17.6 Å². The molecule has 3 heteroatoms. The SMILES string of the molecule is CCC1CCNc2ccc(Cl)cc2N1. The van der Waals surface area contributed by atoms with Crippen molar-refractivity contribution in [1.82, 2.24) is 0 Å². The zero-order valence-electron chi connectivity index (χ0n) is 8.31. The summed E-state index contributed by atoms with van der Waals surface area (Å²) in [5.41, 5.74) is 2.28. The molecule has 0 saturated heterocycles. The van der Waals surface area contributed by atoms with Crippen molar-refractivity contribution in [3.05, 3.63) is 23.2 Å². The molecule has 0 saturated carbocycles. The average Bonchev–Trinajstić information content (AvgIpc) is 2.38. The molecule has 1 atom stereocenters. The van der Waals surface area contributed by atoms with Gasteiger partial charge in [0.1, 0.15) is 0 Å². The van der Waals surface area contributed by atoms with Gasteiger partial charge in [0, 0.05) is 17.6 Å². The molecular formula is C11H15ClN2. The van der Waals surface area contributed by atoms with Crippen molar-refractivity contribution in [2.75, 3.05) is 17.2 Å². The topological polar surface area (TPSA) is 24.1 Å². The second-order valence-corrected chi connectivity index (χ2v) is 4.09. The molecule has 0 fully saturated rings. The van der Waals surface area contributed by atoms with Crippen LogP contribution >= 0.6 is 11.6 Å². The third-order valence-electron chi connectivity index (χ3n) is 2.64. The number of rotatable bonds is 1. The molecule has 1 heterocycles. The van der Waals surface area contributed by atoms with Crippen LogP contribution in [0.25, 0.3) is 0 Å². The molecule has 0 amide bonds. The number of nitrogens with one attached hydrogen (secondary N) is 2. The van der Waals surface area contributed by atoms with Crippen LogP contribution in [0.15, 0.2) is 18.2 Å². The van der Waals surface area contributed by atoms with E-state index in [-0.39, 0.29) is 0 Å².